The summed E-state index contributed by atoms with van der Waals surface area (Å²) in [5.74, 6) is -0.737. The number of thioether (sulfide) groups is 1. The van der Waals surface area contributed by atoms with Crippen molar-refractivity contribution in [3.63, 3.8) is 0 Å². The van der Waals surface area contributed by atoms with Crippen LogP contribution in [-0.2, 0) is 16.0 Å². The summed E-state index contributed by atoms with van der Waals surface area (Å²) in [6.45, 7) is 3.95. The van der Waals surface area contributed by atoms with Gasteiger partial charge in [-0.1, -0.05) is 65.3 Å². The van der Waals surface area contributed by atoms with Gasteiger partial charge < -0.3 is 5.32 Å². The molecule has 1 atom stereocenters. The third-order valence-electron chi connectivity index (χ3n) is 5.57. The fourth-order valence-corrected chi connectivity index (χ4v) is 5.10. The van der Waals surface area contributed by atoms with Gasteiger partial charge in [0.15, 0.2) is 0 Å². The van der Waals surface area contributed by atoms with Gasteiger partial charge in [0.05, 0.1) is 5.25 Å². The number of halogens is 1. The molecule has 3 aromatic carbocycles. The smallest absolute Gasteiger partial charge is 0.269 e. The molecular weight excluding hydrogens is 466 g/mol. The first-order valence-corrected chi connectivity index (χ1v) is 12.0. The highest BCUT2D eigenvalue weighted by Gasteiger charge is 2.41. The molecule has 5 nitrogen and oxygen atoms in total. The SMILES string of the molecule is Cc1ccc(NC(=O)/C(C#N)=C2\SC(Cc3ccccc3C)C(=O)N2c2ccc(Cl)cc2)cc1. The molecule has 4 rings (SSSR count). The Morgan fingerprint density at radius 1 is 1.06 bits per heavy atom. The van der Waals surface area contributed by atoms with Crippen molar-refractivity contribution in [2.45, 2.75) is 25.5 Å². The van der Waals surface area contributed by atoms with E-state index in [1.165, 1.54) is 16.7 Å². The summed E-state index contributed by atoms with van der Waals surface area (Å²) >= 11 is 7.29. The Hall–Kier alpha value is -3.53. The lowest BCUT2D eigenvalue weighted by Crippen LogP contribution is -2.31. The van der Waals surface area contributed by atoms with E-state index in [1.54, 1.807) is 36.4 Å². The van der Waals surface area contributed by atoms with Crippen LogP contribution in [0.15, 0.2) is 83.4 Å². The molecule has 0 spiro atoms. The highest BCUT2D eigenvalue weighted by Crippen LogP contribution is 2.42. The van der Waals surface area contributed by atoms with E-state index in [4.69, 9.17) is 11.6 Å². The monoisotopic (exact) mass is 487 g/mol. The van der Waals surface area contributed by atoms with Crippen molar-refractivity contribution in [3.8, 4) is 6.07 Å². The van der Waals surface area contributed by atoms with Gasteiger partial charge in [-0.3, -0.25) is 14.5 Å². The molecule has 1 aliphatic heterocycles. The Balaban J connectivity index is 1.73. The van der Waals surface area contributed by atoms with Crippen molar-refractivity contribution in [1.82, 2.24) is 0 Å². The highest BCUT2D eigenvalue weighted by molar-refractivity contribution is 8.05. The molecule has 170 valence electrons. The Morgan fingerprint density at radius 3 is 2.38 bits per heavy atom. The zero-order valence-electron chi connectivity index (χ0n) is 18.7. The molecule has 1 saturated heterocycles. The molecule has 2 amide bonds. The van der Waals surface area contributed by atoms with E-state index in [0.717, 1.165) is 16.7 Å². The first kappa shape index (κ1) is 23.6. The van der Waals surface area contributed by atoms with Gasteiger partial charge in [-0.25, -0.2) is 0 Å². The van der Waals surface area contributed by atoms with Crippen LogP contribution in [0.2, 0.25) is 5.02 Å². The van der Waals surface area contributed by atoms with Crippen LogP contribution in [0, 0.1) is 25.2 Å². The number of amides is 2. The number of carbonyl (C=O) groups is 2. The van der Waals surface area contributed by atoms with Gasteiger partial charge in [0.1, 0.15) is 16.7 Å². The standard InChI is InChI=1S/C27H22ClN3O2S/c1-17-7-11-21(12-8-17)30-25(32)23(16-29)27-31(22-13-9-20(28)10-14-22)26(33)24(34-27)15-19-6-4-3-5-18(19)2/h3-14,24H,15H2,1-2H3,(H,30,32)/b27-23-. The van der Waals surface area contributed by atoms with Crippen LogP contribution < -0.4 is 10.2 Å². The third kappa shape index (κ3) is 5.01. The largest absolute Gasteiger partial charge is 0.321 e. The quantitative estimate of drug-likeness (QED) is 0.352. The summed E-state index contributed by atoms with van der Waals surface area (Å²) in [6, 6.07) is 24.0. The van der Waals surface area contributed by atoms with Crippen LogP contribution in [0.5, 0.6) is 0 Å². The minimum atomic E-state index is -0.558. The average Bonchev–Trinajstić information content (AvgIpc) is 3.13. The van der Waals surface area contributed by atoms with Crippen molar-refractivity contribution in [2.24, 2.45) is 0 Å². The first-order chi connectivity index (χ1) is 16.4. The molecule has 1 aliphatic rings. The molecule has 0 aromatic heterocycles. The van der Waals surface area contributed by atoms with Gasteiger partial charge in [0.25, 0.3) is 5.91 Å². The van der Waals surface area contributed by atoms with E-state index >= 15 is 0 Å². The van der Waals surface area contributed by atoms with Gasteiger partial charge >= 0.3 is 0 Å². The average molecular weight is 488 g/mol. The van der Waals surface area contributed by atoms with Crippen LogP contribution in [-0.4, -0.2) is 17.1 Å². The first-order valence-electron chi connectivity index (χ1n) is 10.7. The van der Waals surface area contributed by atoms with E-state index in [2.05, 4.69) is 5.32 Å². The van der Waals surface area contributed by atoms with Crippen molar-refractivity contribution in [1.29, 1.82) is 5.26 Å². The predicted molar refractivity (Wildman–Crippen MR) is 138 cm³/mol. The summed E-state index contributed by atoms with van der Waals surface area (Å²) in [5.41, 5.74) is 4.22. The minimum absolute atomic E-state index is 0.110. The summed E-state index contributed by atoms with van der Waals surface area (Å²) in [5, 5.41) is 13.1. The lowest BCUT2D eigenvalue weighted by molar-refractivity contribution is -0.117. The lowest BCUT2D eigenvalue weighted by Gasteiger charge is -2.19. The maximum atomic E-state index is 13.6. The number of aryl methyl sites for hydroxylation is 2. The fourth-order valence-electron chi connectivity index (χ4n) is 3.68. The van der Waals surface area contributed by atoms with Crippen LogP contribution in [0.4, 0.5) is 11.4 Å². The van der Waals surface area contributed by atoms with Crippen molar-refractivity contribution < 1.29 is 9.59 Å². The summed E-state index contributed by atoms with van der Waals surface area (Å²) in [4.78, 5) is 28.1. The minimum Gasteiger partial charge on any atom is -0.321 e. The predicted octanol–water partition coefficient (Wildman–Crippen LogP) is 6.02. The van der Waals surface area contributed by atoms with Crippen LogP contribution in [0.25, 0.3) is 0 Å². The molecule has 1 unspecified atom stereocenters. The second-order valence-electron chi connectivity index (χ2n) is 8.00. The van der Waals surface area contributed by atoms with E-state index in [-0.39, 0.29) is 11.5 Å². The number of hydrogen-bond donors (Lipinski definition) is 1. The summed E-state index contributed by atoms with van der Waals surface area (Å²) in [7, 11) is 0. The Labute approximate surface area is 208 Å². The van der Waals surface area contributed by atoms with Gasteiger partial charge in [-0.2, -0.15) is 5.26 Å². The molecule has 0 aliphatic carbocycles. The van der Waals surface area contributed by atoms with Crippen LogP contribution in [0.1, 0.15) is 16.7 Å². The maximum Gasteiger partial charge on any atom is 0.269 e. The van der Waals surface area contributed by atoms with E-state index in [9.17, 15) is 14.9 Å². The number of carbonyl (C=O) groups excluding carboxylic acids is 2. The van der Waals surface area contributed by atoms with Crippen LogP contribution >= 0.6 is 23.4 Å². The Bertz CT molecular complexity index is 1310. The summed E-state index contributed by atoms with van der Waals surface area (Å²) < 4.78 is 0. The molecule has 7 heteroatoms. The maximum absolute atomic E-state index is 13.6. The number of anilines is 2. The zero-order valence-corrected chi connectivity index (χ0v) is 20.3. The second-order valence-corrected chi connectivity index (χ2v) is 9.63. The number of nitrogens with one attached hydrogen (secondary N) is 1. The molecule has 1 fully saturated rings. The molecule has 0 bridgehead atoms. The molecule has 3 aromatic rings. The topological polar surface area (TPSA) is 73.2 Å². The Kier molecular flexibility index (Phi) is 7.06. The van der Waals surface area contributed by atoms with E-state index in [1.807, 2.05) is 56.3 Å². The second kappa shape index (κ2) is 10.2. The third-order valence-corrected chi connectivity index (χ3v) is 7.08. The van der Waals surface area contributed by atoms with Gasteiger partial charge in [0, 0.05) is 16.4 Å². The molecular formula is C27H22ClN3O2S. The molecule has 34 heavy (non-hydrogen) atoms. The van der Waals surface area contributed by atoms with Crippen LogP contribution in [0.3, 0.4) is 0 Å². The fraction of sp³-hybridized carbons (Fsp3) is 0.148. The lowest BCUT2D eigenvalue weighted by atomic mass is 10.0. The van der Waals surface area contributed by atoms with Crippen molar-refractivity contribution in [2.75, 3.05) is 10.2 Å². The molecule has 0 radical (unpaired) electrons. The van der Waals surface area contributed by atoms with Gasteiger partial charge in [-0.05, 0) is 67.8 Å². The summed E-state index contributed by atoms with van der Waals surface area (Å²) in [6.07, 6.45) is 0.488. The highest BCUT2D eigenvalue weighted by atomic mass is 35.5. The van der Waals surface area contributed by atoms with Crippen molar-refractivity contribution >= 4 is 46.6 Å². The van der Waals surface area contributed by atoms with Gasteiger partial charge in [0.2, 0.25) is 5.91 Å². The number of nitriles is 1. The number of rotatable bonds is 5. The van der Waals surface area contributed by atoms with Crippen molar-refractivity contribution in [3.05, 3.63) is 105 Å². The molecule has 1 N–H and O–H groups in total. The van der Waals surface area contributed by atoms with Gasteiger partial charge in [-0.15, -0.1) is 0 Å². The van der Waals surface area contributed by atoms with E-state index < -0.39 is 11.2 Å². The normalized spacial score (nSPS) is 16.8. The number of nitrogens with zero attached hydrogens (tertiary/aromatic N) is 2. The Morgan fingerprint density at radius 2 is 1.74 bits per heavy atom. The number of hydrogen-bond acceptors (Lipinski definition) is 4. The number of benzene rings is 3. The molecule has 1 heterocycles. The zero-order chi connectivity index (χ0) is 24.2. The molecule has 0 saturated carbocycles. The van der Waals surface area contributed by atoms with E-state index in [0.29, 0.717) is 27.8 Å².